The monoisotopic (exact) mass is 300 g/mol. The second kappa shape index (κ2) is 5.55. The Labute approximate surface area is 127 Å². The lowest BCUT2D eigenvalue weighted by Crippen LogP contribution is -2.44. The van der Waals surface area contributed by atoms with Gasteiger partial charge in [0.05, 0.1) is 0 Å². The van der Waals surface area contributed by atoms with Gasteiger partial charge in [-0.3, -0.25) is 10.1 Å². The molecular formula is C16H16N2O4. The average Bonchev–Trinajstić information content (AvgIpc) is 2.50. The van der Waals surface area contributed by atoms with E-state index in [1.807, 2.05) is 30.3 Å². The summed E-state index contributed by atoms with van der Waals surface area (Å²) in [5.74, 6) is -0.459. The van der Waals surface area contributed by atoms with Crippen LogP contribution >= 0.6 is 0 Å². The predicted molar refractivity (Wildman–Crippen MR) is 81.5 cm³/mol. The summed E-state index contributed by atoms with van der Waals surface area (Å²) in [5, 5.41) is 30.7. The molecule has 1 atom stereocenters. The van der Waals surface area contributed by atoms with Gasteiger partial charge in [0.2, 0.25) is 0 Å². The Balaban J connectivity index is 2.03. The van der Waals surface area contributed by atoms with Crippen LogP contribution in [-0.2, 0) is 13.0 Å². The van der Waals surface area contributed by atoms with Gasteiger partial charge in [-0.15, -0.1) is 0 Å². The number of rotatable bonds is 3. The van der Waals surface area contributed by atoms with Gasteiger partial charge in [0.1, 0.15) is 0 Å². The minimum absolute atomic E-state index is 0.196. The Hall–Kier alpha value is -2.76. The number of hydrogen-bond donors (Lipinski definition) is 2. The van der Waals surface area contributed by atoms with Gasteiger partial charge in [0.15, 0.2) is 11.5 Å². The van der Waals surface area contributed by atoms with E-state index in [1.54, 1.807) is 4.90 Å². The highest BCUT2D eigenvalue weighted by Gasteiger charge is 2.35. The normalized spacial score (nSPS) is 17.1. The Morgan fingerprint density at radius 3 is 2.55 bits per heavy atom. The van der Waals surface area contributed by atoms with Gasteiger partial charge in [-0.1, -0.05) is 30.3 Å². The van der Waals surface area contributed by atoms with Crippen molar-refractivity contribution in [2.75, 3.05) is 4.90 Å². The molecule has 114 valence electrons. The Morgan fingerprint density at radius 2 is 1.86 bits per heavy atom. The molecule has 0 radical (unpaired) electrons. The van der Waals surface area contributed by atoms with E-state index >= 15 is 0 Å². The molecule has 2 aromatic carbocycles. The molecule has 0 saturated heterocycles. The van der Waals surface area contributed by atoms with E-state index in [-0.39, 0.29) is 16.4 Å². The van der Waals surface area contributed by atoms with Crippen LogP contribution in [0.2, 0.25) is 0 Å². The lowest BCUT2D eigenvalue weighted by atomic mass is 9.98. The van der Waals surface area contributed by atoms with E-state index in [9.17, 15) is 20.3 Å². The number of aromatic hydroxyl groups is 2. The third-order valence-electron chi connectivity index (χ3n) is 3.96. The number of anilines is 1. The topological polar surface area (TPSA) is 86.8 Å². The summed E-state index contributed by atoms with van der Waals surface area (Å²) in [6, 6.07) is 12.4. The highest BCUT2D eigenvalue weighted by molar-refractivity contribution is 5.63. The molecule has 6 nitrogen and oxygen atoms in total. The zero-order valence-corrected chi connectivity index (χ0v) is 11.8. The molecule has 2 N–H and O–H groups in total. The van der Waals surface area contributed by atoms with E-state index in [0.717, 1.165) is 11.1 Å². The fourth-order valence-corrected chi connectivity index (χ4v) is 2.87. The van der Waals surface area contributed by atoms with Crippen molar-refractivity contribution < 1.29 is 15.1 Å². The quantitative estimate of drug-likeness (QED) is 0.517. The van der Waals surface area contributed by atoms with Crippen molar-refractivity contribution in [3.63, 3.8) is 0 Å². The fourth-order valence-electron chi connectivity index (χ4n) is 2.87. The molecule has 1 heterocycles. The Bertz CT molecular complexity index is 703. The molecule has 2 aromatic rings. The van der Waals surface area contributed by atoms with Crippen LogP contribution in [0.5, 0.6) is 11.5 Å². The summed E-state index contributed by atoms with van der Waals surface area (Å²) in [6.45, 7) is 0.379. The molecule has 0 fully saturated rings. The maximum absolute atomic E-state index is 11.4. The second-order valence-corrected chi connectivity index (χ2v) is 5.39. The van der Waals surface area contributed by atoms with Crippen LogP contribution < -0.4 is 4.90 Å². The number of benzene rings is 2. The molecule has 0 aliphatic carbocycles. The maximum Gasteiger partial charge on any atom is 0.287 e. The Kier molecular flexibility index (Phi) is 3.58. The molecular weight excluding hydrogens is 284 g/mol. The SMILES string of the molecule is O=[N+]([O-])C1CCc2cc(O)c(O)cc2N1Cc1ccccc1. The van der Waals surface area contributed by atoms with Crippen molar-refractivity contribution in [2.45, 2.75) is 25.6 Å². The van der Waals surface area contributed by atoms with Gasteiger partial charge in [0, 0.05) is 29.6 Å². The third-order valence-corrected chi connectivity index (χ3v) is 3.96. The summed E-state index contributed by atoms with van der Waals surface area (Å²) < 4.78 is 0. The van der Waals surface area contributed by atoms with Crippen LogP contribution in [0.15, 0.2) is 42.5 Å². The molecule has 0 amide bonds. The first-order valence-electron chi connectivity index (χ1n) is 7.05. The zero-order valence-electron chi connectivity index (χ0n) is 11.8. The summed E-state index contributed by atoms with van der Waals surface area (Å²) in [4.78, 5) is 12.7. The lowest BCUT2D eigenvalue weighted by molar-refractivity contribution is -0.523. The largest absolute Gasteiger partial charge is 0.504 e. The first-order valence-corrected chi connectivity index (χ1v) is 7.05. The van der Waals surface area contributed by atoms with E-state index in [2.05, 4.69) is 0 Å². The number of nitrogens with zero attached hydrogens (tertiary/aromatic N) is 2. The van der Waals surface area contributed by atoms with Crippen molar-refractivity contribution in [1.29, 1.82) is 0 Å². The van der Waals surface area contributed by atoms with Crippen molar-refractivity contribution in [1.82, 2.24) is 0 Å². The maximum atomic E-state index is 11.4. The van der Waals surface area contributed by atoms with Crippen LogP contribution in [0.1, 0.15) is 17.5 Å². The number of nitro groups is 1. The molecule has 3 rings (SSSR count). The number of phenols is 2. The minimum atomic E-state index is -0.836. The van der Waals surface area contributed by atoms with Gasteiger partial charge in [-0.05, 0) is 23.6 Å². The minimum Gasteiger partial charge on any atom is -0.504 e. The number of aryl methyl sites for hydroxylation is 1. The van der Waals surface area contributed by atoms with E-state index in [1.165, 1.54) is 12.1 Å². The molecule has 22 heavy (non-hydrogen) atoms. The van der Waals surface area contributed by atoms with Gasteiger partial charge < -0.3 is 15.1 Å². The van der Waals surface area contributed by atoms with Crippen LogP contribution in [0.25, 0.3) is 0 Å². The molecule has 1 unspecified atom stereocenters. The van der Waals surface area contributed by atoms with Gasteiger partial charge in [-0.2, -0.15) is 0 Å². The molecule has 0 saturated carbocycles. The second-order valence-electron chi connectivity index (χ2n) is 5.39. The van der Waals surface area contributed by atoms with Crippen LogP contribution in [0.4, 0.5) is 5.69 Å². The van der Waals surface area contributed by atoms with E-state index in [4.69, 9.17) is 0 Å². The van der Waals surface area contributed by atoms with Crippen molar-refractivity contribution >= 4 is 5.69 Å². The first-order chi connectivity index (χ1) is 10.6. The summed E-state index contributed by atoms with van der Waals surface area (Å²) >= 11 is 0. The number of fused-ring (bicyclic) bond motifs is 1. The van der Waals surface area contributed by atoms with Crippen LogP contribution in [0.3, 0.4) is 0 Å². The highest BCUT2D eigenvalue weighted by Crippen LogP contribution is 2.39. The molecule has 0 aromatic heterocycles. The zero-order chi connectivity index (χ0) is 15.7. The molecule has 6 heteroatoms. The average molecular weight is 300 g/mol. The van der Waals surface area contributed by atoms with Crippen LogP contribution in [-0.4, -0.2) is 21.3 Å². The third kappa shape index (κ3) is 2.55. The number of phenolic OH excluding ortho intramolecular Hbond substituents is 2. The molecule has 0 spiro atoms. The standard InChI is InChI=1S/C16H16N2O4/c19-14-8-12-6-7-16(18(21)22)17(13(12)9-15(14)20)10-11-4-2-1-3-5-11/h1-5,8-9,16,19-20H,6-7,10H2. The summed E-state index contributed by atoms with van der Waals surface area (Å²) in [7, 11) is 0. The first kappa shape index (κ1) is 14.2. The predicted octanol–water partition coefficient (Wildman–Crippen LogP) is 2.65. The highest BCUT2D eigenvalue weighted by atomic mass is 16.6. The van der Waals surface area contributed by atoms with Crippen molar-refractivity contribution in [3.8, 4) is 11.5 Å². The number of hydrogen-bond acceptors (Lipinski definition) is 5. The summed E-state index contributed by atoms with van der Waals surface area (Å²) in [5.41, 5.74) is 2.37. The van der Waals surface area contributed by atoms with E-state index < -0.39 is 6.17 Å². The molecule has 0 bridgehead atoms. The van der Waals surface area contributed by atoms with Gasteiger partial charge in [-0.25, -0.2) is 0 Å². The smallest absolute Gasteiger partial charge is 0.287 e. The Morgan fingerprint density at radius 1 is 1.18 bits per heavy atom. The van der Waals surface area contributed by atoms with Crippen molar-refractivity contribution in [2.24, 2.45) is 0 Å². The molecule has 1 aliphatic heterocycles. The van der Waals surface area contributed by atoms with E-state index in [0.29, 0.717) is 25.1 Å². The van der Waals surface area contributed by atoms with Crippen LogP contribution in [0, 0.1) is 10.1 Å². The molecule has 1 aliphatic rings. The van der Waals surface area contributed by atoms with Crippen molar-refractivity contribution in [3.05, 3.63) is 63.7 Å². The lowest BCUT2D eigenvalue weighted by Gasteiger charge is -2.33. The van der Waals surface area contributed by atoms with Gasteiger partial charge in [0.25, 0.3) is 6.17 Å². The van der Waals surface area contributed by atoms with Gasteiger partial charge >= 0.3 is 0 Å². The fraction of sp³-hybridized carbons (Fsp3) is 0.250. The summed E-state index contributed by atoms with van der Waals surface area (Å²) in [6.07, 6.45) is 0.0357.